The van der Waals surface area contributed by atoms with E-state index in [0.717, 1.165) is 5.56 Å². The molecule has 0 fully saturated rings. The first kappa shape index (κ1) is 11.1. The zero-order valence-electron chi connectivity index (χ0n) is 7.77. The highest BCUT2D eigenvalue weighted by Gasteiger charge is 2.25. The molecule has 0 aliphatic rings. The number of unbranched alkanes of at least 4 members (excludes halogenated alkanes) is 1. The van der Waals surface area contributed by atoms with E-state index in [-0.39, 0.29) is 6.42 Å². The minimum Gasteiger partial charge on any atom is -0.171 e. The van der Waals surface area contributed by atoms with Crippen LogP contribution >= 0.6 is 0 Å². The van der Waals surface area contributed by atoms with Crippen molar-refractivity contribution >= 4 is 0 Å². The minimum atomic E-state index is -4.01. The number of hydrogen-bond donors (Lipinski definition) is 0. The van der Waals surface area contributed by atoms with Gasteiger partial charge in [-0.2, -0.15) is 13.2 Å². The number of rotatable bonds is 4. The summed E-state index contributed by atoms with van der Waals surface area (Å²) >= 11 is 0. The van der Waals surface area contributed by atoms with Gasteiger partial charge in [0.15, 0.2) is 0 Å². The SMILES string of the molecule is FC(F)(F)CCCCc1[c]cccc1. The largest absolute Gasteiger partial charge is 0.389 e. The number of halogens is 3. The van der Waals surface area contributed by atoms with Gasteiger partial charge in [-0.25, -0.2) is 0 Å². The highest BCUT2D eigenvalue weighted by molar-refractivity contribution is 5.12. The second-order valence-electron chi connectivity index (χ2n) is 3.21. The molecule has 1 rings (SSSR count). The number of hydrogen-bond acceptors (Lipinski definition) is 0. The van der Waals surface area contributed by atoms with Crippen LogP contribution < -0.4 is 0 Å². The van der Waals surface area contributed by atoms with Crippen LogP contribution in [-0.4, -0.2) is 6.18 Å². The molecule has 3 heteroatoms. The summed E-state index contributed by atoms with van der Waals surface area (Å²) in [5.74, 6) is 0. The molecule has 0 aliphatic carbocycles. The van der Waals surface area contributed by atoms with Crippen LogP contribution in [0.25, 0.3) is 0 Å². The quantitative estimate of drug-likeness (QED) is 0.650. The molecule has 0 heterocycles. The highest BCUT2D eigenvalue weighted by Crippen LogP contribution is 2.22. The Morgan fingerprint density at radius 1 is 1.14 bits per heavy atom. The third-order valence-electron chi connectivity index (χ3n) is 1.93. The summed E-state index contributed by atoms with van der Waals surface area (Å²) in [5, 5.41) is 0. The molecule has 0 spiro atoms. The van der Waals surface area contributed by atoms with E-state index >= 15 is 0 Å². The van der Waals surface area contributed by atoms with Gasteiger partial charge >= 0.3 is 6.18 Å². The van der Waals surface area contributed by atoms with Crippen molar-refractivity contribution in [2.45, 2.75) is 31.9 Å². The zero-order valence-corrected chi connectivity index (χ0v) is 7.77. The molecule has 0 amide bonds. The smallest absolute Gasteiger partial charge is 0.171 e. The second-order valence-corrected chi connectivity index (χ2v) is 3.21. The molecule has 0 aromatic heterocycles. The van der Waals surface area contributed by atoms with Gasteiger partial charge in [0, 0.05) is 6.42 Å². The maximum atomic E-state index is 11.8. The zero-order chi connectivity index (χ0) is 10.4. The Morgan fingerprint density at radius 3 is 2.50 bits per heavy atom. The van der Waals surface area contributed by atoms with E-state index in [9.17, 15) is 13.2 Å². The van der Waals surface area contributed by atoms with Gasteiger partial charge in [-0.1, -0.05) is 24.3 Å². The molecule has 0 unspecified atom stereocenters. The van der Waals surface area contributed by atoms with Crippen molar-refractivity contribution in [2.24, 2.45) is 0 Å². The molecule has 14 heavy (non-hydrogen) atoms. The minimum absolute atomic E-state index is 0.201. The van der Waals surface area contributed by atoms with Gasteiger partial charge in [-0.3, -0.25) is 0 Å². The summed E-state index contributed by atoms with van der Waals surface area (Å²) < 4.78 is 35.3. The van der Waals surface area contributed by atoms with Crippen LogP contribution in [-0.2, 0) is 6.42 Å². The molecule has 0 bridgehead atoms. The number of alkyl halides is 3. The summed E-state index contributed by atoms with van der Waals surface area (Å²) in [6.07, 6.45) is -3.25. The van der Waals surface area contributed by atoms with Gasteiger partial charge in [-0.15, -0.1) is 0 Å². The summed E-state index contributed by atoms with van der Waals surface area (Å²) in [5.41, 5.74) is 0.981. The fourth-order valence-corrected chi connectivity index (χ4v) is 1.23. The maximum Gasteiger partial charge on any atom is 0.389 e. The number of aryl methyl sites for hydroxylation is 1. The molecule has 0 atom stereocenters. The monoisotopic (exact) mass is 201 g/mol. The van der Waals surface area contributed by atoms with Gasteiger partial charge in [0.2, 0.25) is 0 Å². The van der Waals surface area contributed by atoms with Gasteiger partial charge in [-0.05, 0) is 30.9 Å². The van der Waals surface area contributed by atoms with Crippen molar-refractivity contribution in [1.29, 1.82) is 0 Å². The van der Waals surface area contributed by atoms with Crippen molar-refractivity contribution in [1.82, 2.24) is 0 Å². The lowest BCUT2D eigenvalue weighted by molar-refractivity contribution is -0.135. The van der Waals surface area contributed by atoms with Gasteiger partial charge in [0.25, 0.3) is 0 Å². The van der Waals surface area contributed by atoms with Crippen LogP contribution in [0.2, 0.25) is 0 Å². The van der Waals surface area contributed by atoms with E-state index in [1.807, 2.05) is 18.2 Å². The van der Waals surface area contributed by atoms with Crippen LogP contribution in [0.15, 0.2) is 24.3 Å². The lowest BCUT2D eigenvalue weighted by Crippen LogP contribution is -2.06. The van der Waals surface area contributed by atoms with Crippen molar-refractivity contribution < 1.29 is 13.2 Å². The molecule has 0 N–H and O–H groups in total. The van der Waals surface area contributed by atoms with Gasteiger partial charge in [0.1, 0.15) is 0 Å². The Morgan fingerprint density at radius 2 is 1.93 bits per heavy atom. The van der Waals surface area contributed by atoms with E-state index in [4.69, 9.17) is 0 Å². The van der Waals surface area contributed by atoms with Crippen LogP contribution in [0.4, 0.5) is 13.2 Å². The normalized spacial score (nSPS) is 11.6. The first-order valence-corrected chi connectivity index (χ1v) is 4.60. The van der Waals surface area contributed by atoms with Crippen molar-refractivity contribution in [3.05, 3.63) is 35.9 Å². The van der Waals surface area contributed by atoms with Crippen molar-refractivity contribution in [3.63, 3.8) is 0 Å². The fraction of sp³-hybridized carbons (Fsp3) is 0.455. The van der Waals surface area contributed by atoms with Gasteiger partial charge in [0.05, 0.1) is 0 Å². The van der Waals surface area contributed by atoms with Crippen LogP contribution in [0, 0.1) is 6.07 Å². The van der Waals surface area contributed by atoms with Crippen molar-refractivity contribution in [3.8, 4) is 0 Å². The summed E-state index contributed by atoms with van der Waals surface area (Å²) in [6.45, 7) is 0. The summed E-state index contributed by atoms with van der Waals surface area (Å²) in [7, 11) is 0. The Labute approximate surface area is 81.8 Å². The summed E-state index contributed by atoms with van der Waals surface area (Å²) in [6, 6.07) is 10.4. The molecule has 0 saturated heterocycles. The first-order chi connectivity index (χ1) is 6.58. The molecule has 0 saturated carbocycles. The molecule has 1 aromatic carbocycles. The second kappa shape index (κ2) is 5.03. The van der Waals surface area contributed by atoms with E-state index in [1.165, 1.54) is 0 Å². The van der Waals surface area contributed by atoms with Crippen LogP contribution in [0.5, 0.6) is 0 Å². The maximum absolute atomic E-state index is 11.8. The molecular formula is C11H12F3. The van der Waals surface area contributed by atoms with E-state index in [2.05, 4.69) is 6.07 Å². The Hall–Kier alpha value is -0.990. The Kier molecular flexibility index (Phi) is 3.98. The Balaban J connectivity index is 2.17. The van der Waals surface area contributed by atoms with E-state index < -0.39 is 12.6 Å². The molecular weight excluding hydrogens is 189 g/mol. The Bertz CT molecular complexity index is 251. The molecule has 0 nitrogen and oxygen atoms in total. The average molecular weight is 201 g/mol. The molecule has 0 aliphatic heterocycles. The predicted molar refractivity (Wildman–Crippen MR) is 48.9 cm³/mol. The average Bonchev–Trinajstić information content (AvgIpc) is 2.13. The van der Waals surface area contributed by atoms with E-state index in [1.54, 1.807) is 6.07 Å². The third kappa shape index (κ3) is 4.90. The first-order valence-electron chi connectivity index (χ1n) is 4.60. The van der Waals surface area contributed by atoms with Gasteiger partial charge < -0.3 is 0 Å². The molecule has 77 valence electrons. The third-order valence-corrected chi connectivity index (χ3v) is 1.93. The predicted octanol–water partition coefficient (Wildman–Crippen LogP) is 3.76. The molecule has 1 aromatic rings. The highest BCUT2D eigenvalue weighted by atomic mass is 19.4. The van der Waals surface area contributed by atoms with E-state index in [0.29, 0.717) is 12.8 Å². The lowest BCUT2D eigenvalue weighted by atomic mass is 10.1. The number of benzene rings is 1. The summed E-state index contributed by atoms with van der Waals surface area (Å²) in [4.78, 5) is 0. The lowest BCUT2D eigenvalue weighted by Gasteiger charge is -2.05. The topological polar surface area (TPSA) is 0 Å². The standard InChI is InChI=1S/C11H12F3/c12-11(13,14)9-5-4-8-10-6-2-1-3-7-10/h1-3,6H,4-5,8-9H2. The fourth-order valence-electron chi connectivity index (χ4n) is 1.23. The van der Waals surface area contributed by atoms with Crippen LogP contribution in [0.3, 0.4) is 0 Å². The molecule has 1 radical (unpaired) electrons. The van der Waals surface area contributed by atoms with Crippen LogP contribution in [0.1, 0.15) is 24.8 Å². The van der Waals surface area contributed by atoms with Crippen molar-refractivity contribution in [2.75, 3.05) is 0 Å².